The molecule has 1 aliphatic heterocycles. The summed E-state index contributed by atoms with van der Waals surface area (Å²) in [6, 6.07) is 3.17. The molecular formula is C12H20N2O. The molecule has 3 nitrogen and oxygen atoms in total. The second kappa shape index (κ2) is 4.96. The van der Waals surface area contributed by atoms with E-state index < -0.39 is 0 Å². The summed E-state index contributed by atoms with van der Waals surface area (Å²) in [5.74, 6) is 0.206. The highest BCUT2D eigenvalue weighted by Crippen LogP contribution is 2.33. The van der Waals surface area contributed by atoms with Crippen molar-refractivity contribution >= 4 is 0 Å². The first-order valence-electron chi connectivity index (χ1n) is 6.13. The summed E-state index contributed by atoms with van der Waals surface area (Å²) >= 11 is 0. The second-order valence-electron chi connectivity index (χ2n) is 4.80. The van der Waals surface area contributed by atoms with Crippen LogP contribution in [0, 0.1) is 17.2 Å². The molecule has 0 bridgehead atoms. The Balaban J connectivity index is 2.04. The largest absolute Gasteiger partial charge is 0.395 e. The summed E-state index contributed by atoms with van der Waals surface area (Å²) in [6.45, 7) is 1.34. The predicted octanol–water partition coefficient (Wildman–Crippen LogP) is 1.53. The molecule has 1 saturated carbocycles. The predicted molar refractivity (Wildman–Crippen MR) is 58.2 cm³/mol. The maximum Gasteiger partial charge on any atom is 0.0672 e. The van der Waals surface area contributed by atoms with Crippen molar-refractivity contribution in [3.05, 3.63) is 0 Å². The minimum atomic E-state index is 0.206. The number of hydrogen-bond donors (Lipinski definition) is 1. The van der Waals surface area contributed by atoms with E-state index in [9.17, 15) is 5.11 Å². The Morgan fingerprint density at radius 2 is 2.07 bits per heavy atom. The average molecular weight is 208 g/mol. The maximum atomic E-state index is 9.36. The lowest BCUT2D eigenvalue weighted by Crippen LogP contribution is -2.49. The number of hydrogen-bond acceptors (Lipinski definition) is 3. The van der Waals surface area contributed by atoms with Crippen molar-refractivity contribution in [3.8, 4) is 6.07 Å². The number of piperidine rings is 1. The average Bonchev–Trinajstić information content (AvgIpc) is 2.76. The van der Waals surface area contributed by atoms with E-state index in [0.29, 0.717) is 12.1 Å². The van der Waals surface area contributed by atoms with Gasteiger partial charge in [0.2, 0.25) is 0 Å². The van der Waals surface area contributed by atoms with Crippen LogP contribution in [0.5, 0.6) is 0 Å². The smallest absolute Gasteiger partial charge is 0.0672 e. The van der Waals surface area contributed by atoms with E-state index in [2.05, 4.69) is 11.0 Å². The summed E-state index contributed by atoms with van der Waals surface area (Å²) in [6.07, 6.45) is 6.93. The van der Waals surface area contributed by atoms with Gasteiger partial charge in [0, 0.05) is 12.1 Å². The van der Waals surface area contributed by atoms with Crippen molar-refractivity contribution in [2.24, 2.45) is 5.92 Å². The fourth-order valence-electron chi connectivity index (χ4n) is 3.14. The van der Waals surface area contributed by atoms with Gasteiger partial charge in [-0.05, 0) is 32.2 Å². The lowest BCUT2D eigenvalue weighted by atomic mass is 9.96. The zero-order valence-corrected chi connectivity index (χ0v) is 9.23. The summed E-state index contributed by atoms with van der Waals surface area (Å²) in [5.41, 5.74) is 0. The van der Waals surface area contributed by atoms with Crippen LogP contribution in [0.25, 0.3) is 0 Å². The fourth-order valence-corrected chi connectivity index (χ4v) is 3.14. The highest BCUT2D eigenvalue weighted by Gasteiger charge is 2.36. The van der Waals surface area contributed by atoms with Gasteiger partial charge in [-0.15, -0.1) is 0 Å². The van der Waals surface area contributed by atoms with Gasteiger partial charge in [0.1, 0.15) is 0 Å². The molecule has 1 N–H and O–H groups in total. The van der Waals surface area contributed by atoms with Crippen LogP contribution in [-0.2, 0) is 0 Å². The van der Waals surface area contributed by atoms with Gasteiger partial charge < -0.3 is 5.11 Å². The topological polar surface area (TPSA) is 47.3 Å². The van der Waals surface area contributed by atoms with E-state index in [1.165, 1.54) is 19.3 Å². The van der Waals surface area contributed by atoms with Crippen LogP contribution < -0.4 is 0 Å². The van der Waals surface area contributed by atoms with Crippen LogP contribution in [0.4, 0.5) is 0 Å². The molecule has 2 rings (SSSR count). The van der Waals surface area contributed by atoms with Crippen LogP contribution in [0.2, 0.25) is 0 Å². The standard InChI is InChI=1S/C12H20N2O/c13-8-10-4-3-6-12(10)14-7-2-1-5-11(14)9-15/h10-12,15H,1-7,9H2. The Kier molecular flexibility index (Phi) is 3.61. The third kappa shape index (κ3) is 2.16. The Morgan fingerprint density at radius 3 is 2.80 bits per heavy atom. The Hall–Kier alpha value is -0.590. The van der Waals surface area contributed by atoms with Gasteiger partial charge in [0.25, 0.3) is 0 Å². The number of aliphatic hydroxyl groups excluding tert-OH is 1. The summed E-state index contributed by atoms with van der Waals surface area (Å²) in [7, 11) is 0. The number of nitrogens with zero attached hydrogens (tertiary/aromatic N) is 2. The van der Waals surface area contributed by atoms with Crippen molar-refractivity contribution in [1.29, 1.82) is 5.26 Å². The number of aliphatic hydroxyl groups is 1. The molecule has 1 heterocycles. The molecule has 0 aromatic carbocycles. The van der Waals surface area contributed by atoms with E-state index in [1.54, 1.807) is 0 Å². The molecule has 3 unspecified atom stereocenters. The van der Waals surface area contributed by atoms with E-state index in [0.717, 1.165) is 25.8 Å². The molecule has 0 radical (unpaired) electrons. The molecule has 0 spiro atoms. The first-order valence-corrected chi connectivity index (χ1v) is 6.13. The van der Waals surface area contributed by atoms with E-state index in [4.69, 9.17) is 5.26 Å². The SMILES string of the molecule is N#CC1CCCC1N1CCCCC1CO. The van der Waals surface area contributed by atoms with Crippen LogP contribution in [-0.4, -0.2) is 35.2 Å². The zero-order valence-electron chi connectivity index (χ0n) is 9.23. The highest BCUT2D eigenvalue weighted by atomic mass is 16.3. The van der Waals surface area contributed by atoms with Crippen molar-refractivity contribution in [1.82, 2.24) is 4.90 Å². The first kappa shape index (κ1) is 10.9. The van der Waals surface area contributed by atoms with Crippen LogP contribution >= 0.6 is 0 Å². The molecule has 1 saturated heterocycles. The summed E-state index contributed by atoms with van der Waals surface area (Å²) in [4.78, 5) is 2.41. The van der Waals surface area contributed by atoms with Crippen molar-refractivity contribution in [3.63, 3.8) is 0 Å². The molecule has 2 fully saturated rings. The normalized spacial score (nSPS) is 37.7. The Morgan fingerprint density at radius 1 is 1.20 bits per heavy atom. The number of rotatable bonds is 2. The van der Waals surface area contributed by atoms with Gasteiger partial charge >= 0.3 is 0 Å². The van der Waals surface area contributed by atoms with Crippen molar-refractivity contribution < 1.29 is 5.11 Å². The fraction of sp³-hybridized carbons (Fsp3) is 0.917. The monoisotopic (exact) mass is 208 g/mol. The Labute approximate surface area is 91.7 Å². The van der Waals surface area contributed by atoms with Crippen LogP contribution in [0.3, 0.4) is 0 Å². The van der Waals surface area contributed by atoms with Gasteiger partial charge in [-0.1, -0.05) is 12.8 Å². The highest BCUT2D eigenvalue weighted by molar-refractivity contribution is 4.99. The lowest BCUT2D eigenvalue weighted by Gasteiger charge is -2.40. The minimum absolute atomic E-state index is 0.206. The molecule has 0 aromatic rings. The van der Waals surface area contributed by atoms with Gasteiger partial charge in [-0.25, -0.2) is 0 Å². The Bertz CT molecular complexity index is 248. The van der Waals surface area contributed by atoms with Crippen LogP contribution in [0.15, 0.2) is 0 Å². The van der Waals surface area contributed by atoms with E-state index >= 15 is 0 Å². The number of likely N-dealkylation sites (tertiary alicyclic amines) is 1. The molecule has 1 aliphatic carbocycles. The van der Waals surface area contributed by atoms with E-state index in [-0.39, 0.29) is 12.5 Å². The van der Waals surface area contributed by atoms with Crippen molar-refractivity contribution in [2.45, 2.75) is 50.6 Å². The second-order valence-corrected chi connectivity index (χ2v) is 4.80. The molecule has 0 aromatic heterocycles. The third-order valence-corrected chi connectivity index (χ3v) is 3.95. The quantitative estimate of drug-likeness (QED) is 0.748. The van der Waals surface area contributed by atoms with Gasteiger partial charge in [-0.3, -0.25) is 4.90 Å². The molecule has 15 heavy (non-hydrogen) atoms. The molecule has 3 atom stereocenters. The molecule has 0 amide bonds. The van der Waals surface area contributed by atoms with Gasteiger partial charge in [0.15, 0.2) is 0 Å². The minimum Gasteiger partial charge on any atom is -0.395 e. The molecule has 2 aliphatic rings. The zero-order chi connectivity index (χ0) is 10.7. The van der Waals surface area contributed by atoms with E-state index in [1.807, 2.05) is 0 Å². The summed E-state index contributed by atoms with van der Waals surface area (Å²) < 4.78 is 0. The lowest BCUT2D eigenvalue weighted by molar-refractivity contribution is 0.0460. The van der Waals surface area contributed by atoms with Crippen LogP contribution in [0.1, 0.15) is 38.5 Å². The molecule has 84 valence electrons. The first-order chi connectivity index (χ1) is 7.36. The van der Waals surface area contributed by atoms with Gasteiger partial charge in [-0.2, -0.15) is 5.26 Å². The van der Waals surface area contributed by atoms with Crippen molar-refractivity contribution in [2.75, 3.05) is 13.2 Å². The molecule has 3 heteroatoms. The molecular weight excluding hydrogens is 188 g/mol. The summed E-state index contributed by atoms with van der Waals surface area (Å²) in [5, 5.41) is 18.4. The van der Waals surface area contributed by atoms with Gasteiger partial charge in [0.05, 0.1) is 18.6 Å². The third-order valence-electron chi connectivity index (χ3n) is 3.95. The maximum absolute atomic E-state index is 9.36. The number of nitriles is 1.